The molecule has 0 radical (unpaired) electrons. The number of hydrogen-bond donors (Lipinski definition) is 3. The summed E-state index contributed by atoms with van der Waals surface area (Å²) in [5.41, 5.74) is 5.26. The van der Waals surface area contributed by atoms with Crippen LogP contribution in [-0.2, 0) is 15.0 Å². The molecule has 0 amide bonds. The molecule has 118 valence electrons. The van der Waals surface area contributed by atoms with Crippen molar-refractivity contribution in [2.45, 2.75) is 31.3 Å². The van der Waals surface area contributed by atoms with Gasteiger partial charge < -0.3 is 15.7 Å². The first kappa shape index (κ1) is 17.3. The lowest BCUT2D eigenvalue weighted by atomic mass is 10.1. The molecule has 0 spiro atoms. The van der Waals surface area contributed by atoms with Crippen LogP contribution in [0.4, 0.5) is 0 Å². The molecule has 0 bridgehead atoms. The van der Waals surface area contributed by atoms with E-state index in [1.54, 1.807) is 0 Å². The lowest BCUT2D eigenvalue weighted by Crippen LogP contribution is -2.47. The molecule has 0 aromatic rings. The van der Waals surface area contributed by atoms with Crippen molar-refractivity contribution in [3.05, 3.63) is 0 Å². The number of likely N-dealkylation sites (tertiary alicyclic amines) is 1. The van der Waals surface area contributed by atoms with Crippen molar-refractivity contribution >= 4 is 16.2 Å². The number of carboxylic acids is 1. The van der Waals surface area contributed by atoms with E-state index < -0.39 is 22.2 Å². The first-order valence-electron chi connectivity index (χ1n) is 6.63. The molecule has 0 saturated carbocycles. The minimum atomic E-state index is -3.68. The summed E-state index contributed by atoms with van der Waals surface area (Å²) in [7, 11) is -0.163. The van der Waals surface area contributed by atoms with Gasteiger partial charge in [0.1, 0.15) is 6.04 Å². The molecule has 1 aliphatic heterocycles. The second-order valence-electron chi connectivity index (χ2n) is 5.19. The maximum Gasteiger partial charge on any atom is 0.321 e. The van der Waals surface area contributed by atoms with Crippen molar-refractivity contribution in [2.24, 2.45) is 5.73 Å². The third kappa shape index (κ3) is 4.98. The molecule has 1 fully saturated rings. The van der Waals surface area contributed by atoms with Gasteiger partial charge in [-0.1, -0.05) is 0 Å². The van der Waals surface area contributed by atoms with Crippen LogP contribution in [0.1, 0.15) is 19.3 Å². The molecule has 0 aliphatic carbocycles. The van der Waals surface area contributed by atoms with Crippen LogP contribution in [0, 0.1) is 0 Å². The predicted molar refractivity (Wildman–Crippen MR) is 75.4 cm³/mol. The van der Waals surface area contributed by atoms with Crippen molar-refractivity contribution in [3.63, 3.8) is 0 Å². The number of carbonyl (C=O) groups is 1. The molecule has 2 atom stereocenters. The topological polar surface area (TPSA) is 116 Å². The molecule has 1 rings (SSSR count). The number of nitrogens with one attached hydrogen (secondary N) is 1. The SMILES string of the molecule is CN1CCC[C@H]1CCN(C)S(=O)(=O)NC[C@H](N)C(=O)O. The van der Waals surface area contributed by atoms with E-state index in [4.69, 9.17) is 10.8 Å². The Kier molecular flexibility index (Phi) is 6.34. The first-order valence-corrected chi connectivity index (χ1v) is 8.07. The molecular weight excluding hydrogens is 284 g/mol. The molecule has 0 unspecified atom stereocenters. The fourth-order valence-corrected chi connectivity index (χ4v) is 3.14. The summed E-state index contributed by atoms with van der Waals surface area (Å²) in [5, 5.41) is 8.61. The number of hydrogen-bond acceptors (Lipinski definition) is 5. The van der Waals surface area contributed by atoms with E-state index in [2.05, 4.69) is 9.62 Å². The minimum Gasteiger partial charge on any atom is -0.480 e. The lowest BCUT2D eigenvalue weighted by molar-refractivity contribution is -0.138. The molecule has 0 aromatic carbocycles. The normalized spacial score (nSPS) is 22.3. The summed E-state index contributed by atoms with van der Waals surface area (Å²) < 4.78 is 27.2. The Labute approximate surface area is 120 Å². The summed E-state index contributed by atoms with van der Waals surface area (Å²) in [5.74, 6) is -1.23. The van der Waals surface area contributed by atoms with Crippen molar-refractivity contribution in [1.29, 1.82) is 0 Å². The van der Waals surface area contributed by atoms with E-state index >= 15 is 0 Å². The molecule has 20 heavy (non-hydrogen) atoms. The standard InChI is InChI=1S/C11H24N4O4S/c1-14-6-3-4-9(14)5-7-15(2)20(18,19)13-8-10(12)11(16)17/h9-10,13H,3-8,12H2,1-2H3,(H,16,17)/t9-,10-/m0/s1. The van der Waals surface area contributed by atoms with Crippen LogP contribution < -0.4 is 10.5 Å². The van der Waals surface area contributed by atoms with Crippen LogP contribution in [0.2, 0.25) is 0 Å². The number of aliphatic carboxylic acids is 1. The van der Waals surface area contributed by atoms with Gasteiger partial charge in [0.25, 0.3) is 10.2 Å². The largest absolute Gasteiger partial charge is 0.480 e. The van der Waals surface area contributed by atoms with Gasteiger partial charge in [-0.05, 0) is 32.9 Å². The summed E-state index contributed by atoms with van der Waals surface area (Å²) in [6.45, 7) is 1.13. The van der Waals surface area contributed by atoms with Crippen LogP contribution in [0.15, 0.2) is 0 Å². The summed E-state index contributed by atoms with van der Waals surface area (Å²) in [4.78, 5) is 12.8. The number of carboxylic acid groups (broad SMARTS) is 1. The van der Waals surface area contributed by atoms with E-state index in [0.717, 1.165) is 25.8 Å². The fraction of sp³-hybridized carbons (Fsp3) is 0.909. The minimum absolute atomic E-state index is 0.314. The Morgan fingerprint density at radius 2 is 2.25 bits per heavy atom. The highest BCUT2D eigenvalue weighted by molar-refractivity contribution is 7.87. The van der Waals surface area contributed by atoms with E-state index in [0.29, 0.717) is 12.6 Å². The lowest BCUT2D eigenvalue weighted by Gasteiger charge is -2.23. The molecule has 1 saturated heterocycles. The second kappa shape index (κ2) is 7.32. The van der Waals surface area contributed by atoms with Crippen LogP contribution in [-0.4, -0.2) is 74.5 Å². The first-order chi connectivity index (χ1) is 9.24. The Morgan fingerprint density at radius 1 is 1.60 bits per heavy atom. The smallest absolute Gasteiger partial charge is 0.321 e. The van der Waals surface area contributed by atoms with Gasteiger partial charge in [0.05, 0.1) is 0 Å². The zero-order chi connectivity index (χ0) is 15.3. The fourth-order valence-electron chi connectivity index (χ4n) is 2.19. The highest BCUT2D eigenvalue weighted by Gasteiger charge is 2.24. The third-order valence-corrected chi connectivity index (χ3v) is 5.20. The van der Waals surface area contributed by atoms with Crippen LogP contribution in [0.25, 0.3) is 0 Å². The van der Waals surface area contributed by atoms with Gasteiger partial charge >= 0.3 is 5.97 Å². The Hall–Kier alpha value is -0.740. The Morgan fingerprint density at radius 3 is 2.75 bits per heavy atom. The Bertz CT molecular complexity index is 428. The van der Waals surface area contributed by atoms with E-state index in [9.17, 15) is 13.2 Å². The average Bonchev–Trinajstić information content (AvgIpc) is 2.78. The van der Waals surface area contributed by atoms with Gasteiger partial charge in [-0.2, -0.15) is 17.4 Å². The van der Waals surface area contributed by atoms with E-state index in [1.807, 2.05) is 7.05 Å². The summed E-state index contributed by atoms with van der Waals surface area (Å²) in [6.07, 6.45) is 2.99. The molecule has 1 aliphatic rings. The van der Waals surface area contributed by atoms with Crippen LogP contribution in [0.5, 0.6) is 0 Å². The number of nitrogens with two attached hydrogens (primary N) is 1. The molecule has 9 heteroatoms. The van der Waals surface area contributed by atoms with Crippen molar-refractivity contribution in [1.82, 2.24) is 13.9 Å². The third-order valence-electron chi connectivity index (χ3n) is 3.66. The van der Waals surface area contributed by atoms with Gasteiger partial charge in [-0.3, -0.25) is 4.79 Å². The van der Waals surface area contributed by atoms with Gasteiger partial charge in [0.15, 0.2) is 0 Å². The van der Waals surface area contributed by atoms with E-state index in [-0.39, 0.29) is 6.54 Å². The van der Waals surface area contributed by atoms with Crippen molar-refractivity contribution in [3.8, 4) is 0 Å². The van der Waals surface area contributed by atoms with Crippen LogP contribution >= 0.6 is 0 Å². The predicted octanol–water partition coefficient (Wildman–Crippen LogP) is -1.35. The molecule has 4 N–H and O–H groups in total. The van der Waals surface area contributed by atoms with Crippen LogP contribution in [0.3, 0.4) is 0 Å². The zero-order valence-corrected chi connectivity index (χ0v) is 12.8. The highest BCUT2D eigenvalue weighted by Crippen LogP contribution is 2.18. The van der Waals surface area contributed by atoms with Gasteiger partial charge in [0.2, 0.25) is 0 Å². The monoisotopic (exact) mass is 308 g/mol. The number of rotatable bonds is 8. The summed E-state index contributed by atoms with van der Waals surface area (Å²) in [6, 6.07) is -0.826. The van der Waals surface area contributed by atoms with Crippen molar-refractivity contribution < 1.29 is 18.3 Å². The molecule has 0 aromatic heterocycles. The highest BCUT2D eigenvalue weighted by atomic mass is 32.2. The zero-order valence-electron chi connectivity index (χ0n) is 11.9. The van der Waals surface area contributed by atoms with Gasteiger partial charge in [-0.25, -0.2) is 0 Å². The summed E-state index contributed by atoms with van der Waals surface area (Å²) >= 11 is 0. The van der Waals surface area contributed by atoms with Gasteiger partial charge in [0, 0.05) is 26.2 Å². The average molecular weight is 308 g/mol. The maximum absolute atomic E-state index is 11.9. The Balaban J connectivity index is 2.40. The molecule has 8 nitrogen and oxygen atoms in total. The van der Waals surface area contributed by atoms with Gasteiger partial charge in [-0.15, -0.1) is 0 Å². The maximum atomic E-state index is 11.9. The second-order valence-corrected chi connectivity index (χ2v) is 7.05. The van der Waals surface area contributed by atoms with E-state index in [1.165, 1.54) is 11.4 Å². The quantitative estimate of drug-likeness (QED) is 0.510. The molecular formula is C11H24N4O4S. The van der Waals surface area contributed by atoms with Crippen molar-refractivity contribution in [2.75, 3.05) is 33.7 Å². The number of nitrogens with zero attached hydrogens (tertiary/aromatic N) is 2. The molecule has 1 heterocycles.